The van der Waals surface area contributed by atoms with Crippen LogP contribution in [-0.4, -0.2) is 23.6 Å². The predicted molar refractivity (Wildman–Crippen MR) is 102 cm³/mol. The van der Waals surface area contributed by atoms with Crippen molar-refractivity contribution < 1.29 is 14.3 Å². The Morgan fingerprint density at radius 1 is 1.32 bits per heavy atom. The minimum atomic E-state index is -0.420. The summed E-state index contributed by atoms with van der Waals surface area (Å²) >= 11 is 5.95. The summed E-state index contributed by atoms with van der Waals surface area (Å²) in [6.45, 7) is 0.276. The van der Waals surface area contributed by atoms with Crippen LogP contribution < -0.4 is 4.80 Å². The van der Waals surface area contributed by atoms with E-state index in [0.29, 0.717) is 15.2 Å². The Morgan fingerprint density at radius 2 is 2.12 bits per heavy atom. The highest BCUT2D eigenvalue weighted by atomic mass is 79.9. The van der Waals surface area contributed by atoms with E-state index in [1.165, 1.54) is 29.8 Å². The second-order valence-electron chi connectivity index (χ2n) is 4.87. The lowest BCUT2D eigenvalue weighted by atomic mass is 10.2. The van der Waals surface area contributed by atoms with Crippen molar-refractivity contribution >= 4 is 60.7 Å². The molecular formula is C17H11BrN2O3S2. The fourth-order valence-corrected chi connectivity index (χ4v) is 4.56. The van der Waals surface area contributed by atoms with Crippen LogP contribution in [-0.2, 0) is 11.3 Å². The molecule has 2 aromatic heterocycles. The number of rotatable bonds is 3. The highest BCUT2D eigenvalue weighted by Gasteiger charge is 2.13. The molecule has 1 aromatic carbocycles. The van der Waals surface area contributed by atoms with Crippen molar-refractivity contribution in [2.24, 2.45) is 4.99 Å². The van der Waals surface area contributed by atoms with Gasteiger partial charge in [-0.15, -0.1) is 17.8 Å². The van der Waals surface area contributed by atoms with Gasteiger partial charge in [0, 0.05) is 0 Å². The molecule has 0 spiro atoms. The SMILES string of the molecule is C#CCn1c(=NC(=O)c2ccc(Br)s2)sc2cc(C(=O)OC)ccc21. The first-order valence-corrected chi connectivity index (χ1v) is 9.45. The van der Waals surface area contributed by atoms with Crippen LogP contribution in [0.25, 0.3) is 10.2 Å². The molecule has 1 amide bonds. The van der Waals surface area contributed by atoms with Crippen LogP contribution in [0.4, 0.5) is 0 Å². The summed E-state index contributed by atoms with van der Waals surface area (Å²) in [5.41, 5.74) is 1.25. The molecule has 0 aliphatic carbocycles. The molecule has 3 rings (SSSR count). The van der Waals surface area contributed by atoms with E-state index in [4.69, 9.17) is 11.2 Å². The number of methoxy groups -OCH3 is 1. The van der Waals surface area contributed by atoms with E-state index in [-0.39, 0.29) is 12.5 Å². The molecule has 8 heteroatoms. The van der Waals surface area contributed by atoms with Crippen LogP contribution in [0, 0.1) is 12.3 Å². The summed E-state index contributed by atoms with van der Waals surface area (Å²) < 4.78 is 8.19. The van der Waals surface area contributed by atoms with E-state index in [9.17, 15) is 9.59 Å². The van der Waals surface area contributed by atoms with E-state index in [1.54, 1.807) is 34.9 Å². The third-order valence-electron chi connectivity index (χ3n) is 3.33. The molecule has 5 nitrogen and oxygen atoms in total. The maximum absolute atomic E-state index is 12.4. The molecule has 25 heavy (non-hydrogen) atoms. The number of halogens is 1. The van der Waals surface area contributed by atoms with Crippen molar-refractivity contribution in [3.63, 3.8) is 0 Å². The van der Waals surface area contributed by atoms with Crippen LogP contribution in [0.15, 0.2) is 39.1 Å². The molecule has 0 fully saturated rings. The number of hydrogen-bond donors (Lipinski definition) is 0. The largest absolute Gasteiger partial charge is 0.465 e. The number of esters is 1. The molecule has 0 saturated carbocycles. The van der Waals surface area contributed by atoms with Crippen LogP contribution in [0.2, 0.25) is 0 Å². The van der Waals surface area contributed by atoms with Gasteiger partial charge < -0.3 is 9.30 Å². The Bertz CT molecular complexity index is 1090. The molecule has 0 N–H and O–H groups in total. The van der Waals surface area contributed by atoms with Gasteiger partial charge in [-0.1, -0.05) is 17.3 Å². The fraction of sp³-hybridized carbons (Fsp3) is 0.118. The number of benzene rings is 1. The molecule has 0 aliphatic heterocycles. The molecule has 0 unspecified atom stereocenters. The number of hydrogen-bond acceptors (Lipinski definition) is 5. The van der Waals surface area contributed by atoms with E-state index in [1.807, 2.05) is 0 Å². The third kappa shape index (κ3) is 3.58. The minimum Gasteiger partial charge on any atom is -0.465 e. The van der Waals surface area contributed by atoms with Gasteiger partial charge in [-0.2, -0.15) is 4.99 Å². The number of thiophene rings is 1. The molecule has 0 atom stereocenters. The lowest BCUT2D eigenvalue weighted by Crippen LogP contribution is -2.16. The summed E-state index contributed by atoms with van der Waals surface area (Å²) in [5.74, 6) is 1.82. The van der Waals surface area contributed by atoms with Crippen LogP contribution in [0.5, 0.6) is 0 Å². The zero-order chi connectivity index (χ0) is 18.0. The Morgan fingerprint density at radius 3 is 2.76 bits per heavy atom. The Kier molecular flexibility index (Phi) is 5.18. The average molecular weight is 435 g/mol. The monoisotopic (exact) mass is 434 g/mol. The van der Waals surface area contributed by atoms with Gasteiger partial charge in [0.2, 0.25) is 0 Å². The molecule has 0 bridgehead atoms. The van der Waals surface area contributed by atoms with Gasteiger partial charge in [0.1, 0.15) is 0 Å². The van der Waals surface area contributed by atoms with E-state index in [2.05, 4.69) is 26.8 Å². The van der Waals surface area contributed by atoms with Crippen LogP contribution in [0.1, 0.15) is 20.0 Å². The van der Waals surface area contributed by atoms with Gasteiger partial charge in [0.25, 0.3) is 5.91 Å². The van der Waals surface area contributed by atoms with Gasteiger partial charge in [-0.3, -0.25) is 4.79 Å². The van der Waals surface area contributed by atoms with Gasteiger partial charge in [-0.05, 0) is 46.3 Å². The van der Waals surface area contributed by atoms with Crippen molar-refractivity contribution in [1.29, 1.82) is 0 Å². The van der Waals surface area contributed by atoms with Gasteiger partial charge in [-0.25, -0.2) is 4.79 Å². The highest BCUT2D eigenvalue weighted by Crippen LogP contribution is 2.23. The van der Waals surface area contributed by atoms with Crippen molar-refractivity contribution in [3.05, 3.63) is 49.4 Å². The van der Waals surface area contributed by atoms with E-state index >= 15 is 0 Å². The second kappa shape index (κ2) is 7.35. The number of fused-ring (bicyclic) bond motifs is 1. The number of aromatic nitrogens is 1. The average Bonchev–Trinajstić information content (AvgIpc) is 3.18. The van der Waals surface area contributed by atoms with Gasteiger partial charge in [0.15, 0.2) is 4.80 Å². The van der Waals surface area contributed by atoms with Crippen molar-refractivity contribution in [2.75, 3.05) is 7.11 Å². The number of amides is 1. The predicted octanol–water partition coefficient (Wildman–Crippen LogP) is 3.69. The first-order chi connectivity index (χ1) is 12.0. The zero-order valence-corrected chi connectivity index (χ0v) is 16.2. The smallest absolute Gasteiger partial charge is 0.337 e. The summed E-state index contributed by atoms with van der Waals surface area (Å²) in [4.78, 5) is 29.3. The maximum Gasteiger partial charge on any atom is 0.337 e. The topological polar surface area (TPSA) is 60.7 Å². The lowest BCUT2D eigenvalue weighted by molar-refractivity contribution is 0.0601. The number of carbonyl (C=O) groups is 2. The van der Waals surface area contributed by atoms with E-state index in [0.717, 1.165) is 14.0 Å². The van der Waals surface area contributed by atoms with Crippen LogP contribution >= 0.6 is 38.6 Å². The Balaban J connectivity index is 2.14. The number of carbonyl (C=O) groups excluding carboxylic acids is 2. The van der Waals surface area contributed by atoms with E-state index < -0.39 is 5.97 Å². The fourth-order valence-electron chi connectivity index (χ4n) is 2.22. The quantitative estimate of drug-likeness (QED) is 0.466. The molecule has 0 aliphatic rings. The standard InChI is InChI=1S/C17H11BrN2O3S2/c1-3-8-20-11-5-4-10(16(22)23-2)9-13(11)25-17(20)19-15(21)12-6-7-14(18)24-12/h1,4-7,9H,8H2,2H3. The lowest BCUT2D eigenvalue weighted by Gasteiger charge is -2.01. The third-order valence-corrected chi connectivity index (χ3v) is 5.99. The first kappa shape index (κ1) is 17.6. The minimum absolute atomic E-state index is 0.276. The Labute approximate surface area is 159 Å². The molecular weight excluding hydrogens is 424 g/mol. The number of ether oxygens (including phenoxy) is 1. The Hall–Kier alpha value is -2.21. The van der Waals surface area contributed by atoms with Crippen molar-refractivity contribution in [1.82, 2.24) is 4.57 Å². The number of thiazole rings is 1. The van der Waals surface area contributed by atoms with Crippen molar-refractivity contribution in [2.45, 2.75) is 6.54 Å². The van der Waals surface area contributed by atoms with Crippen molar-refractivity contribution in [3.8, 4) is 12.3 Å². The molecule has 2 heterocycles. The summed E-state index contributed by atoms with van der Waals surface area (Å²) in [5, 5.41) is 0. The number of terminal acetylenes is 1. The van der Waals surface area contributed by atoms with Gasteiger partial charge in [0.05, 0.1) is 38.1 Å². The highest BCUT2D eigenvalue weighted by molar-refractivity contribution is 9.11. The molecule has 3 aromatic rings. The zero-order valence-electron chi connectivity index (χ0n) is 13.0. The van der Waals surface area contributed by atoms with Gasteiger partial charge >= 0.3 is 5.97 Å². The first-order valence-electron chi connectivity index (χ1n) is 7.03. The second-order valence-corrected chi connectivity index (χ2v) is 8.34. The number of nitrogens with zero attached hydrogens (tertiary/aromatic N) is 2. The molecule has 0 saturated heterocycles. The molecule has 0 radical (unpaired) electrons. The normalized spacial score (nSPS) is 11.5. The molecule has 126 valence electrons. The summed E-state index contributed by atoms with van der Waals surface area (Å²) in [7, 11) is 1.33. The maximum atomic E-state index is 12.4. The van der Waals surface area contributed by atoms with Crippen LogP contribution in [0.3, 0.4) is 0 Å². The summed E-state index contributed by atoms with van der Waals surface area (Å²) in [6, 6.07) is 8.67. The summed E-state index contributed by atoms with van der Waals surface area (Å²) in [6.07, 6.45) is 5.45.